The van der Waals surface area contributed by atoms with Crippen LogP contribution in [0, 0.1) is 0 Å². The van der Waals surface area contributed by atoms with E-state index >= 15 is 0 Å². The van der Waals surface area contributed by atoms with Crippen LogP contribution in [0.15, 0.2) is 18.2 Å². The van der Waals surface area contributed by atoms with Crippen molar-refractivity contribution in [1.29, 1.82) is 0 Å². The predicted molar refractivity (Wildman–Crippen MR) is 71.2 cm³/mol. The summed E-state index contributed by atoms with van der Waals surface area (Å²) in [5.41, 5.74) is 2.14. The van der Waals surface area contributed by atoms with Crippen LogP contribution < -0.4 is 5.32 Å². The van der Waals surface area contributed by atoms with E-state index in [9.17, 15) is 14.4 Å². The first kappa shape index (κ1) is 14.0. The van der Waals surface area contributed by atoms with Gasteiger partial charge in [-0.05, 0) is 29.7 Å². The Morgan fingerprint density at radius 1 is 1.30 bits per heavy atom. The lowest BCUT2D eigenvalue weighted by Gasteiger charge is -2.29. The van der Waals surface area contributed by atoms with Crippen molar-refractivity contribution in [2.24, 2.45) is 0 Å². The van der Waals surface area contributed by atoms with Gasteiger partial charge in [0.15, 0.2) is 0 Å². The van der Waals surface area contributed by atoms with Gasteiger partial charge in [0.1, 0.15) is 0 Å². The minimum Gasteiger partial charge on any atom is -0.478 e. The fourth-order valence-corrected chi connectivity index (χ4v) is 2.21. The van der Waals surface area contributed by atoms with Gasteiger partial charge in [-0.2, -0.15) is 0 Å². The topological polar surface area (TPSA) is 86.7 Å². The van der Waals surface area contributed by atoms with E-state index in [0.29, 0.717) is 19.5 Å². The molecule has 0 radical (unpaired) electrons. The number of rotatable bonds is 3. The molecule has 20 heavy (non-hydrogen) atoms. The van der Waals surface area contributed by atoms with Crippen LogP contribution in [0.5, 0.6) is 0 Å². The number of fused-ring (bicyclic) bond motifs is 1. The van der Waals surface area contributed by atoms with Crippen molar-refractivity contribution in [3.8, 4) is 0 Å². The molecule has 0 spiro atoms. The van der Waals surface area contributed by atoms with Crippen LogP contribution in [0.1, 0.15) is 28.4 Å². The number of carbonyl (C=O) groups excluding carboxylic acids is 2. The summed E-state index contributed by atoms with van der Waals surface area (Å²) in [5.74, 6) is -1.38. The van der Waals surface area contributed by atoms with Crippen LogP contribution in [0.3, 0.4) is 0 Å². The third kappa shape index (κ3) is 3.14. The lowest BCUT2D eigenvalue weighted by atomic mass is 9.97. The zero-order valence-electron chi connectivity index (χ0n) is 11.2. The number of carboxylic acids is 1. The number of carboxylic acid groups (broad SMARTS) is 1. The van der Waals surface area contributed by atoms with Crippen LogP contribution >= 0.6 is 0 Å². The molecule has 0 aliphatic carbocycles. The Kier molecular flexibility index (Phi) is 4.02. The van der Waals surface area contributed by atoms with E-state index in [4.69, 9.17) is 5.11 Å². The summed E-state index contributed by atoms with van der Waals surface area (Å²) in [6.07, 6.45) is 0.695. The van der Waals surface area contributed by atoms with E-state index in [1.54, 1.807) is 23.1 Å². The summed E-state index contributed by atoms with van der Waals surface area (Å²) in [7, 11) is 0. The maximum Gasteiger partial charge on any atom is 0.335 e. The van der Waals surface area contributed by atoms with Crippen LogP contribution in [0.2, 0.25) is 0 Å². The minimum atomic E-state index is -0.977. The van der Waals surface area contributed by atoms with Gasteiger partial charge in [-0.25, -0.2) is 4.79 Å². The highest BCUT2D eigenvalue weighted by atomic mass is 16.4. The first-order valence-corrected chi connectivity index (χ1v) is 6.34. The van der Waals surface area contributed by atoms with Gasteiger partial charge in [0.25, 0.3) is 0 Å². The van der Waals surface area contributed by atoms with Crippen LogP contribution in [0.25, 0.3) is 0 Å². The van der Waals surface area contributed by atoms with Crippen molar-refractivity contribution in [1.82, 2.24) is 10.2 Å². The largest absolute Gasteiger partial charge is 0.478 e. The van der Waals surface area contributed by atoms with Crippen LogP contribution in [-0.2, 0) is 22.6 Å². The molecule has 2 amide bonds. The van der Waals surface area contributed by atoms with Gasteiger partial charge in [-0.1, -0.05) is 6.07 Å². The molecule has 0 fully saturated rings. The van der Waals surface area contributed by atoms with Gasteiger partial charge in [0, 0.05) is 20.0 Å². The maximum atomic E-state index is 11.9. The van der Waals surface area contributed by atoms with E-state index < -0.39 is 5.97 Å². The number of hydrogen-bond donors (Lipinski definition) is 2. The molecule has 6 heteroatoms. The van der Waals surface area contributed by atoms with Crippen molar-refractivity contribution in [2.45, 2.75) is 19.9 Å². The molecule has 106 valence electrons. The van der Waals surface area contributed by atoms with Crippen molar-refractivity contribution in [3.63, 3.8) is 0 Å². The molecule has 0 atom stereocenters. The molecule has 1 heterocycles. The first-order valence-electron chi connectivity index (χ1n) is 6.34. The molecule has 0 bridgehead atoms. The second kappa shape index (κ2) is 5.73. The molecular weight excluding hydrogens is 260 g/mol. The fraction of sp³-hybridized carbons (Fsp3) is 0.357. The summed E-state index contributed by atoms with van der Waals surface area (Å²) in [6.45, 7) is 2.30. The van der Waals surface area contributed by atoms with Crippen molar-refractivity contribution >= 4 is 17.8 Å². The highest BCUT2D eigenvalue weighted by molar-refractivity contribution is 5.88. The predicted octanol–water partition coefficient (Wildman–Crippen LogP) is 0.406. The highest BCUT2D eigenvalue weighted by Gasteiger charge is 2.21. The molecule has 0 aromatic heterocycles. The molecule has 1 aromatic carbocycles. The normalized spacial score (nSPS) is 13.6. The molecule has 0 unspecified atom stereocenters. The monoisotopic (exact) mass is 276 g/mol. The molecule has 1 aromatic rings. The van der Waals surface area contributed by atoms with Gasteiger partial charge < -0.3 is 15.3 Å². The number of aromatic carboxylic acids is 1. The Labute approximate surface area is 116 Å². The number of amides is 2. The SMILES string of the molecule is CC(=O)NCC(=O)N1CCc2ccc(C(=O)O)cc2C1. The lowest BCUT2D eigenvalue weighted by Crippen LogP contribution is -2.42. The van der Waals surface area contributed by atoms with E-state index in [-0.39, 0.29) is 23.9 Å². The van der Waals surface area contributed by atoms with E-state index in [2.05, 4.69) is 5.32 Å². The van der Waals surface area contributed by atoms with E-state index in [0.717, 1.165) is 11.1 Å². The minimum absolute atomic E-state index is 0.0245. The van der Waals surface area contributed by atoms with E-state index in [1.807, 2.05) is 0 Å². The highest BCUT2D eigenvalue weighted by Crippen LogP contribution is 2.20. The van der Waals surface area contributed by atoms with Gasteiger partial charge in [-0.15, -0.1) is 0 Å². The summed E-state index contributed by atoms with van der Waals surface area (Å²) >= 11 is 0. The standard InChI is InChI=1S/C14H16N2O4/c1-9(17)15-7-13(18)16-5-4-10-2-3-11(14(19)20)6-12(10)8-16/h2-3,6H,4-5,7-8H2,1H3,(H,15,17)(H,19,20). The zero-order valence-corrected chi connectivity index (χ0v) is 11.2. The average Bonchev–Trinajstić information content (AvgIpc) is 2.43. The third-order valence-electron chi connectivity index (χ3n) is 3.31. The Hall–Kier alpha value is -2.37. The van der Waals surface area contributed by atoms with Crippen LogP contribution in [-0.4, -0.2) is 40.9 Å². The summed E-state index contributed by atoms with van der Waals surface area (Å²) in [6, 6.07) is 4.99. The molecule has 0 saturated heterocycles. The summed E-state index contributed by atoms with van der Waals surface area (Å²) < 4.78 is 0. The van der Waals surface area contributed by atoms with Crippen LogP contribution in [0.4, 0.5) is 0 Å². The molecule has 1 aliphatic heterocycles. The summed E-state index contributed by atoms with van der Waals surface area (Å²) in [4.78, 5) is 35.3. The Morgan fingerprint density at radius 3 is 2.70 bits per heavy atom. The lowest BCUT2D eigenvalue weighted by molar-refractivity contribution is -0.133. The molecule has 6 nitrogen and oxygen atoms in total. The number of nitrogens with zero attached hydrogens (tertiary/aromatic N) is 1. The molecule has 2 rings (SSSR count). The number of nitrogens with one attached hydrogen (secondary N) is 1. The maximum absolute atomic E-state index is 11.9. The van der Waals surface area contributed by atoms with E-state index in [1.165, 1.54) is 6.92 Å². The number of benzene rings is 1. The molecule has 2 N–H and O–H groups in total. The second-order valence-electron chi connectivity index (χ2n) is 4.76. The number of carbonyl (C=O) groups is 3. The Balaban J connectivity index is 2.09. The van der Waals surface area contributed by atoms with Gasteiger partial charge in [0.05, 0.1) is 12.1 Å². The third-order valence-corrected chi connectivity index (χ3v) is 3.31. The smallest absolute Gasteiger partial charge is 0.335 e. The van der Waals surface area contributed by atoms with Gasteiger partial charge in [0.2, 0.25) is 11.8 Å². The van der Waals surface area contributed by atoms with Gasteiger partial charge in [-0.3, -0.25) is 9.59 Å². The second-order valence-corrected chi connectivity index (χ2v) is 4.76. The van der Waals surface area contributed by atoms with Gasteiger partial charge >= 0.3 is 5.97 Å². The molecular formula is C14H16N2O4. The van der Waals surface area contributed by atoms with Crippen molar-refractivity contribution < 1.29 is 19.5 Å². The Morgan fingerprint density at radius 2 is 2.05 bits per heavy atom. The molecule has 1 aliphatic rings. The summed E-state index contributed by atoms with van der Waals surface area (Å²) in [5, 5.41) is 11.5. The number of hydrogen-bond acceptors (Lipinski definition) is 3. The molecule has 0 saturated carbocycles. The first-order chi connectivity index (χ1) is 9.47. The zero-order chi connectivity index (χ0) is 14.7. The average molecular weight is 276 g/mol. The van der Waals surface area contributed by atoms with Crippen molar-refractivity contribution in [2.75, 3.05) is 13.1 Å². The van der Waals surface area contributed by atoms with Crippen molar-refractivity contribution in [3.05, 3.63) is 34.9 Å². The Bertz CT molecular complexity index is 568. The fourth-order valence-electron chi connectivity index (χ4n) is 2.21. The quantitative estimate of drug-likeness (QED) is 0.837.